The number of aliphatic imine (C=N–C) groups is 1. The smallest absolute Gasteiger partial charge is 0.264 e. The molecule has 1 atom stereocenters. The number of rotatable bonds is 6. The van der Waals surface area contributed by atoms with Gasteiger partial charge in [-0.15, -0.1) is 0 Å². The van der Waals surface area contributed by atoms with Gasteiger partial charge in [-0.3, -0.25) is 14.2 Å². The average Bonchev–Trinajstić information content (AvgIpc) is 3.18. The molecular formula is C29H28N6O2. The monoisotopic (exact) mass is 492 g/mol. The van der Waals surface area contributed by atoms with E-state index in [-0.39, 0.29) is 16.9 Å². The van der Waals surface area contributed by atoms with Gasteiger partial charge in [-0.25, -0.2) is 9.67 Å². The number of allylic oxidation sites excluding steroid dienone is 1. The van der Waals surface area contributed by atoms with Crippen molar-refractivity contribution in [3.05, 3.63) is 94.4 Å². The van der Waals surface area contributed by atoms with Crippen LogP contribution in [0.4, 0.5) is 11.6 Å². The second-order valence-electron chi connectivity index (χ2n) is 8.39. The number of aromatic nitrogens is 3. The summed E-state index contributed by atoms with van der Waals surface area (Å²) in [6, 6.07) is 16.3. The van der Waals surface area contributed by atoms with Crippen LogP contribution in [0.5, 0.6) is 0 Å². The molecule has 0 saturated carbocycles. The van der Waals surface area contributed by atoms with Gasteiger partial charge in [-0.05, 0) is 36.6 Å². The van der Waals surface area contributed by atoms with Gasteiger partial charge in [0.05, 0.1) is 11.4 Å². The highest BCUT2D eigenvalue weighted by Crippen LogP contribution is 2.27. The van der Waals surface area contributed by atoms with Crippen molar-refractivity contribution in [3.8, 4) is 17.5 Å². The van der Waals surface area contributed by atoms with Gasteiger partial charge in [0, 0.05) is 36.6 Å². The highest BCUT2D eigenvalue weighted by molar-refractivity contribution is 6.03. The number of carbonyl (C=O) groups is 1. The van der Waals surface area contributed by atoms with Crippen molar-refractivity contribution in [3.63, 3.8) is 0 Å². The zero-order chi connectivity index (χ0) is 26.5. The largest absolute Gasteiger partial charge is 0.381 e. The molecule has 8 heteroatoms. The van der Waals surface area contributed by atoms with Gasteiger partial charge >= 0.3 is 0 Å². The Morgan fingerprint density at radius 2 is 2.00 bits per heavy atom. The number of hydrogen-bond donors (Lipinski definition) is 2. The summed E-state index contributed by atoms with van der Waals surface area (Å²) in [6.07, 6.45) is 3.65. The zero-order valence-electron chi connectivity index (χ0n) is 21.0. The molecule has 2 aromatic heterocycles. The van der Waals surface area contributed by atoms with E-state index in [4.69, 9.17) is 5.73 Å². The lowest BCUT2D eigenvalue weighted by molar-refractivity contribution is 0.0940. The third-order valence-corrected chi connectivity index (χ3v) is 5.85. The average molecular weight is 493 g/mol. The molecule has 186 valence electrons. The quantitative estimate of drug-likeness (QED) is 0.306. The molecule has 37 heavy (non-hydrogen) atoms. The number of nitrogens with two attached hydrogens (primary N) is 1. The summed E-state index contributed by atoms with van der Waals surface area (Å²) in [5.41, 5.74) is 7.95. The van der Waals surface area contributed by atoms with Crippen LogP contribution in [0.25, 0.3) is 16.5 Å². The Morgan fingerprint density at radius 1 is 1.24 bits per heavy atom. The molecule has 1 amide bonds. The van der Waals surface area contributed by atoms with Crippen molar-refractivity contribution < 1.29 is 4.79 Å². The third-order valence-electron chi connectivity index (χ3n) is 5.85. The maximum atomic E-state index is 13.9. The number of para-hydroxylation sites is 1. The van der Waals surface area contributed by atoms with Crippen LogP contribution in [0.3, 0.4) is 0 Å². The first-order chi connectivity index (χ1) is 17.9. The van der Waals surface area contributed by atoms with Gasteiger partial charge in [-0.1, -0.05) is 61.8 Å². The number of fused-ring (bicyclic) bond motifs is 1. The fraction of sp³-hybridized carbons (Fsp3) is 0.172. The summed E-state index contributed by atoms with van der Waals surface area (Å²) in [7, 11) is 1.65. The summed E-state index contributed by atoms with van der Waals surface area (Å²) >= 11 is 0. The number of anilines is 1. The molecule has 0 radical (unpaired) electrons. The normalized spacial score (nSPS) is 11.8. The van der Waals surface area contributed by atoms with Gasteiger partial charge in [0.25, 0.3) is 11.5 Å². The first-order valence-electron chi connectivity index (χ1n) is 11.9. The van der Waals surface area contributed by atoms with Crippen molar-refractivity contribution in [2.24, 2.45) is 12.0 Å². The predicted octanol–water partition coefficient (Wildman–Crippen LogP) is 4.45. The van der Waals surface area contributed by atoms with Crippen molar-refractivity contribution >= 4 is 34.5 Å². The number of benzene rings is 2. The first kappa shape index (κ1) is 25.2. The SMILES string of the molecule is C=C/C=N\c1c(C(=O)NC(C)c2cc3cccc(C#CCC)c3c(=O)n2-c2ccccc2)c(N)nn1C. The maximum absolute atomic E-state index is 13.9. The topological polar surface area (TPSA) is 107 Å². The number of nitrogens with one attached hydrogen (secondary N) is 1. The van der Waals surface area contributed by atoms with Crippen LogP contribution < -0.4 is 16.6 Å². The van der Waals surface area contributed by atoms with E-state index in [2.05, 4.69) is 33.8 Å². The van der Waals surface area contributed by atoms with Crippen molar-refractivity contribution in [1.82, 2.24) is 19.7 Å². The number of nitrogens with zero attached hydrogens (tertiary/aromatic N) is 4. The fourth-order valence-electron chi connectivity index (χ4n) is 4.20. The van der Waals surface area contributed by atoms with E-state index < -0.39 is 11.9 Å². The number of nitrogen functional groups attached to an aromatic ring is 1. The molecule has 2 aromatic carbocycles. The molecule has 0 aliphatic rings. The highest BCUT2D eigenvalue weighted by Gasteiger charge is 2.24. The molecule has 3 N–H and O–H groups in total. The molecule has 0 aliphatic carbocycles. The van der Waals surface area contributed by atoms with Crippen molar-refractivity contribution in [2.45, 2.75) is 26.3 Å². The molecule has 0 spiro atoms. The molecule has 4 rings (SSSR count). The van der Waals surface area contributed by atoms with Crippen molar-refractivity contribution in [1.29, 1.82) is 0 Å². The van der Waals surface area contributed by atoms with E-state index >= 15 is 0 Å². The number of pyridine rings is 1. The Hall–Kier alpha value is -4.90. The molecule has 0 aliphatic heterocycles. The van der Waals surface area contributed by atoms with Crippen LogP contribution in [0.1, 0.15) is 47.9 Å². The van der Waals surface area contributed by atoms with E-state index in [1.54, 1.807) is 11.6 Å². The standard InChI is InChI=1S/C29H28N6O2/c1-5-7-12-20-13-11-14-21-18-23(35(29(37)24(20)21)22-15-9-8-10-16-22)19(3)32-28(36)25-26(30)33-34(4)27(25)31-17-6-2/h6,8-11,13-19H,2,5H2,1,3-4H3,(H2,30,33)(H,32,36)/b31-17-. The maximum Gasteiger partial charge on any atom is 0.264 e. The van der Waals surface area contributed by atoms with Crippen LogP contribution >= 0.6 is 0 Å². The van der Waals surface area contributed by atoms with Crippen LogP contribution in [0.2, 0.25) is 0 Å². The number of hydrogen-bond acceptors (Lipinski definition) is 5. The third kappa shape index (κ3) is 4.93. The molecule has 8 nitrogen and oxygen atoms in total. The number of carbonyl (C=O) groups excluding carboxylic acids is 1. The summed E-state index contributed by atoms with van der Waals surface area (Å²) < 4.78 is 3.05. The summed E-state index contributed by atoms with van der Waals surface area (Å²) in [6.45, 7) is 7.40. The zero-order valence-corrected chi connectivity index (χ0v) is 21.0. The highest BCUT2D eigenvalue weighted by atomic mass is 16.2. The van der Waals surface area contributed by atoms with Gasteiger partial charge < -0.3 is 11.1 Å². The molecule has 0 fully saturated rings. The molecule has 2 heterocycles. The molecule has 0 saturated heterocycles. The van der Waals surface area contributed by atoms with Gasteiger partial charge in [0.2, 0.25) is 0 Å². The minimum Gasteiger partial charge on any atom is -0.381 e. The van der Waals surface area contributed by atoms with Crippen LogP contribution in [-0.4, -0.2) is 26.5 Å². The summed E-state index contributed by atoms with van der Waals surface area (Å²) in [5, 5.41) is 8.39. The molecule has 0 bridgehead atoms. The van der Waals surface area contributed by atoms with E-state index in [0.717, 1.165) is 5.39 Å². The van der Waals surface area contributed by atoms with Crippen LogP contribution in [0, 0.1) is 11.8 Å². The Bertz CT molecular complexity index is 1630. The summed E-state index contributed by atoms with van der Waals surface area (Å²) in [5.74, 6) is 6.08. The molecule has 4 aromatic rings. The van der Waals surface area contributed by atoms with Gasteiger partial charge in [0.15, 0.2) is 11.6 Å². The van der Waals surface area contributed by atoms with E-state index in [9.17, 15) is 9.59 Å². The van der Waals surface area contributed by atoms with Gasteiger partial charge in [0.1, 0.15) is 5.56 Å². The van der Waals surface area contributed by atoms with Crippen molar-refractivity contribution in [2.75, 3.05) is 5.73 Å². The lowest BCUT2D eigenvalue weighted by Crippen LogP contribution is -2.32. The Kier molecular flexibility index (Phi) is 7.35. The second-order valence-corrected chi connectivity index (χ2v) is 8.39. The minimum absolute atomic E-state index is 0.0570. The van der Waals surface area contributed by atoms with Crippen LogP contribution in [-0.2, 0) is 7.05 Å². The molecule has 1 unspecified atom stereocenters. The Balaban J connectivity index is 1.87. The predicted molar refractivity (Wildman–Crippen MR) is 149 cm³/mol. The first-order valence-corrected chi connectivity index (χ1v) is 11.9. The van der Waals surface area contributed by atoms with E-state index in [1.165, 1.54) is 17.0 Å². The van der Waals surface area contributed by atoms with Crippen LogP contribution in [0.15, 0.2) is 77.0 Å². The minimum atomic E-state index is -0.564. The van der Waals surface area contributed by atoms with E-state index in [0.29, 0.717) is 34.6 Å². The summed E-state index contributed by atoms with van der Waals surface area (Å²) in [4.78, 5) is 31.6. The second kappa shape index (κ2) is 10.8. The Labute approximate surface area is 215 Å². The lowest BCUT2D eigenvalue weighted by atomic mass is 10.0. The Morgan fingerprint density at radius 3 is 2.70 bits per heavy atom. The lowest BCUT2D eigenvalue weighted by Gasteiger charge is -2.21. The molecular weight excluding hydrogens is 464 g/mol. The van der Waals surface area contributed by atoms with Gasteiger partial charge in [-0.2, -0.15) is 5.10 Å². The number of aryl methyl sites for hydroxylation is 1. The fourth-order valence-corrected chi connectivity index (χ4v) is 4.20. The number of amides is 1. The van der Waals surface area contributed by atoms with E-state index in [1.807, 2.05) is 68.4 Å².